The molecule has 2 aromatic rings. The highest BCUT2D eigenvalue weighted by atomic mass is 32.2. The number of hydrogen-bond donors (Lipinski definition) is 2. The van der Waals surface area contributed by atoms with E-state index in [1.165, 1.54) is 22.7 Å². The summed E-state index contributed by atoms with van der Waals surface area (Å²) >= 11 is 0. The largest absolute Gasteiger partial charge is 0.416 e. The first-order chi connectivity index (χ1) is 15.7. The van der Waals surface area contributed by atoms with E-state index in [9.17, 15) is 21.6 Å². The third kappa shape index (κ3) is 4.63. The van der Waals surface area contributed by atoms with Gasteiger partial charge in [0.05, 0.1) is 16.1 Å². The SMILES string of the molecule is O=S(=O)(c1ccc(C(F)(F)F)cc1)N1CCc2cc(C3CC3NCC3CCNCC3)ccc21. The van der Waals surface area contributed by atoms with Gasteiger partial charge in [0, 0.05) is 18.5 Å². The van der Waals surface area contributed by atoms with Crippen LogP contribution in [-0.4, -0.2) is 40.6 Å². The molecule has 2 heterocycles. The Bertz CT molecular complexity index is 1110. The first-order valence-corrected chi connectivity index (χ1v) is 12.9. The molecule has 0 radical (unpaired) electrons. The second kappa shape index (κ2) is 8.60. The molecule has 0 bridgehead atoms. The van der Waals surface area contributed by atoms with E-state index in [-0.39, 0.29) is 4.90 Å². The Balaban J connectivity index is 1.26. The quantitative estimate of drug-likeness (QED) is 0.660. The molecule has 1 saturated heterocycles. The Morgan fingerprint density at radius 3 is 2.48 bits per heavy atom. The number of nitrogens with zero attached hydrogens (tertiary/aromatic N) is 1. The zero-order valence-corrected chi connectivity index (χ0v) is 19.1. The third-order valence-corrected chi connectivity index (χ3v) is 8.90. The van der Waals surface area contributed by atoms with E-state index in [1.54, 1.807) is 0 Å². The van der Waals surface area contributed by atoms with Gasteiger partial charge in [-0.15, -0.1) is 0 Å². The van der Waals surface area contributed by atoms with Crippen molar-refractivity contribution in [2.75, 3.05) is 30.5 Å². The van der Waals surface area contributed by atoms with Crippen LogP contribution < -0.4 is 14.9 Å². The van der Waals surface area contributed by atoms with E-state index in [0.717, 1.165) is 61.8 Å². The van der Waals surface area contributed by atoms with Crippen molar-refractivity contribution in [2.45, 2.75) is 48.7 Å². The fourth-order valence-corrected chi connectivity index (χ4v) is 6.51. The van der Waals surface area contributed by atoms with E-state index in [2.05, 4.69) is 16.7 Å². The highest BCUT2D eigenvalue weighted by Gasteiger charge is 2.40. The summed E-state index contributed by atoms with van der Waals surface area (Å²) in [6.45, 7) is 3.53. The van der Waals surface area contributed by atoms with Gasteiger partial charge in [-0.1, -0.05) is 12.1 Å². The van der Waals surface area contributed by atoms with Gasteiger partial charge in [0.1, 0.15) is 0 Å². The Morgan fingerprint density at radius 2 is 1.79 bits per heavy atom. The standard InChI is InChI=1S/C24H28F3N3O2S/c25-24(26,27)19-2-4-20(5-3-19)33(31,32)30-12-9-18-13-17(1-6-23(18)30)21-14-22(21)29-15-16-7-10-28-11-8-16/h1-6,13,16,21-22,28-29H,7-12,14-15H2. The minimum Gasteiger partial charge on any atom is -0.317 e. The van der Waals surface area contributed by atoms with E-state index in [0.29, 0.717) is 30.6 Å². The van der Waals surface area contributed by atoms with Crippen LogP contribution in [0.15, 0.2) is 47.4 Å². The van der Waals surface area contributed by atoms with Gasteiger partial charge in [-0.25, -0.2) is 8.42 Å². The normalized spacial score (nSPS) is 23.5. The predicted molar refractivity (Wildman–Crippen MR) is 121 cm³/mol. The number of alkyl halides is 3. The van der Waals surface area contributed by atoms with Crippen molar-refractivity contribution in [1.29, 1.82) is 0 Å². The fraction of sp³-hybridized carbons (Fsp3) is 0.500. The van der Waals surface area contributed by atoms with Crippen LogP contribution in [-0.2, 0) is 22.6 Å². The van der Waals surface area contributed by atoms with Gasteiger partial charge >= 0.3 is 6.18 Å². The third-order valence-electron chi connectivity index (χ3n) is 7.07. The number of anilines is 1. The zero-order chi connectivity index (χ0) is 23.2. The monoisotopic (exact) mass is 479 g/mol. The average molecular weight is 480 g/mol. The van der Waals surface area contributed by atoms with Crippen molar-refractivity contribution in [3.63, 3.8) is 0 Å². The molecule has 9 heteroatoms. The average Bonchev–Trinajstić information content (AvgIpc) is 3.46. The van der Waals surface area contributed by atoms with Crippen molar-refractivity contribution in [2.24, 2.45) is 5.92 Å². The lowest BCUT2D eigenvalue weighted by atomic mass is 9.98. The van der Waals surface area contributed by atoms with Crippen LogP contribution in [0.2, 0.25) is 0 Å². The summed E-state index contributed by atoms with van der Waals surface area (Å²) in [5.74, 6) is 1.19. The van der Waals surface area contributed by atoms with Crippen LogP contribution in [0.5, 0.6) is 0 Å². The number of sulfonamides is 1. The highest BCUT2D eigenvalue weighted by molar-refractivity contribution is 7.92. The second-order valence-corrected chi connectivity index (χ2v) is 11.2. The van der Waals surface area contributed by atoms with E-state index in [1.807, 2.05) is 12.1 Å². The number of nitrogens with one attached hydrogen (secondary N) is 2. The number of hydrogen-bond acceptors (Lipinski definition) is 4. The zero-order valence-electron chi connectivity index (χ0n) is 18.2. The van der Waals surface area contributed by atoms with Gasteiger partial charge in [-0.2, -0.15) is 13.2 Å². The Kier molecular flexibility index (Phi) is 5.91. The summed E-state index contributed by atoms with van der Waals surface area (Å²) < 4.78 is 66.0. The molecule has 1 aliphatic carbocycles. The summed E-state index contributed by atoms with van der Waals surface area (Å²) in [7, 11) is -3.92. The molecular weight excluding hydrogens is 451 g/mol. The molecule has 2 aromatic carbocycles. The van der Waals surface area contributed by atoms with Crippen LogP contribution >= 0.6 is 0 Å². The molecule has 3 aliphatic rings. The van der Waals surface area contributed by atoms with Crippen molar-refractivity contribution < 1.29 is 21.6 Å². The molecule has 178 valence electrons. The number of piperidine rings is 1. The molecule has 5 nitrogen and oxygen atoms in total. The van der Waals surface area contributed by atoms with Gasteiger partial charge in [0.2, 0.25) is 0 Å². The molecule has 0 amide bonds. The molecule has 5 rings (SSSR count). The maximum atomic E-state index is 13.1. The van der Waals surface area contributed by atoms with Gasteiger partial charge in [0.25, 0.3) is 10.0 Å². The molecule has 2 unspecified atom stereocenters. The summed E-state index contributed by atoms with van der Waals surface area (Å²) in [6, 6.07) is 10.1. The summed E-state index contributed by atoms with van der Waals surface area (Å²) in [5, 5.41) is 7.09. The summed E-state index contributed by atoms with van der Waals surface area (Å²) in [4.78, 5) is -0.128. The van der Waals surface area contributed by atoms with Crippen molar-refractivity contribution in [3.8, 4) is 0 Å². The molecule has 33 heavy (non-hydrogen) atoms. The van der Waals surface area contributed by atoms with Crippen LogP contribution in [0.4, 0.5) is 18.9 Å². The van der Waals surface area contributed by atoms with Crippen molar-refractivity contribution in [3.05, 3.63) is 59.2 Å². The van der Waals surface area contributed by atoms with E-state index < -0.39 is 21.8 Å². The summed E-state index contributed by atoms with van der Waals surface area (Å²) in [6.07, 6.45) is -0.374. The van der Waals surface area contributed by atoms with Crippen molar-refractivity contribution >= 4 is 15.7 Å². The van der Waals surface area contributed by atoms with E-state index in [4.69, 9.17) is 0 Å². The minimum atomic E-state index is -4.50. The fourth-order valence-electron chi connectivity index (χ4n) is 5.01. The minimum absolute atomic E-state index is 0.128. The van der Waals surface area contributed by atoms with Crippen LogP contribution in [0, 0.1) is 5.92 Å². The number of benzene rings is 2. The molecule has 2 N–H and O–H groups in total. The van der Waals surface area contributed by atoms with Crippen LogP contribution in [0.3, 0.4) is 0 Å². The first kappa shape index (κ1) is 22.7. The van der Waals surface area contributed by atoms with Gasteiger partial charge in [-0.05, 0) is 92.7 Å². The Morgan fingerprint density at radius 1 is 1.06 bits per heavy atom. The van der Waals surface area contributed by atoms with Crippen molar-refractivity contribution in [1.82, 2.24) is 10.6 Å². The molecule has 2 atom stereocenters. The summed E-state index contributed by atoms with van der Waals surface area (Å²) in [5.41, 5.74) is 1.97. The van der Waals surface area contributed by atoms with Gasteiger partial charge in [-0.3, -0.25) is 4.31 Å². The highest BCUT2D eigenvalue weighted by Crippen LogP contribution is 2.44. The number of fused-ring (bicyclic) bond motifs is 1. The smallest absolute Gasteiger partial charge is 0.317 e. The lowest BCUT2D eigenvalue weighted by Crippen LogP contribution is -2.34. The Hall–Kier alpha value is -2.10. The lowest BCUT2D eigenvalue weighted by molar-refractivity contribution is -0.137. The Labute approximate surface area is 192 Å². The maximum absolute atomic E-state index is 13.1. The first-order valence-electron chi connectivity index (χ1n) is 11.5. The molecule has 0 aromatic heterocycles. The molecule has 1 saturated carbocycles. The molecule has 2 aliphatic heterocycles. The molecule has 0 spiro atoms. The second-order valence-electron chi connectivity index (χ2n) is 9.29. The van der Waals surface area contributed by atoms with Crippen LogP contribution in [0.1, 0.15) is 41.9 Å². The van der Waals surface area contributed by atoms with Gasteiger partial charge < -0.3 is 10.6 Å². The number of halogens is 3. The number of rotatable bonds is 6. The molecular formula is C24H28F3N3O2S. The molecule has 2 fully saturated rings. The van der Waals surface area contributed by atoms with E-state index >= 15 is 0 Å². The maximum Gasteiger partial charge on any atom is 0.416 e. The topological polar surface area (TPSA) is 61.4 Å². The lowest BCUT2D eigenvalue weighted by Gasteiger charge is -2.23. The predicted octanol–water partition coefficient (Wildman–Crippen LogP) is 3.90. The van der Waals surface area contributed by atoms with Gasteiger partial charge in [0.15, 0.2) is 0 Å². The van der Waals surface area contributed by atoms with Crippen LogP contribution in [0.25, 0.3) is 0 Å².